The number of halogens is 1. The second kappa shape index (κ2) is 9.01. The van der Waals surface area contributed by atoms with Crippen molar-refractivity contribution in [3.8, 4) is 22.8 Å². The minimum Gasteiger partial charge on any atom is -0.508 e. The highest BCUT2D eigenvalue weighted by Gasteiger charge is 2.22. The maximum absolute atomic E-state index is 14.7. The molecule has 0 spiro atoms. The Hall–Kier alpha value is -4.14. The molecular weight excluding hydrogens is 437 g/mol. The van der Waals surface area contributed by atoms with E-state index in [1.807, 2.05) is 18.3 Å². The highest BCUT2D eigenvalue weighted by Crippen LogP contribution is 2.37. The fraction of sp³-hybridized carbons (Fsp3) is 0.240. The zero-order chi connectivity index (χ0) is 23.7. The number of ether oxygens (including phenoxy) is 1. The number of nitrogens with zero attached hydrogens (tertiary/aromatic N) is 2. The monoisotopic (exact) mass is 461 g/mol. The van der Waals surface area contributed by atoms with Gasteiger partial charge in [-0.05, 0) is 61.6 Å². The fourth-order valence-electron chi connectivity index (χ4n) is 4.20. The first kappa shape index (κ1) is 21.7. The highest BCUT2D eigenvalue weighted by molar-refractivity contribution is 5.98. The van der Waals surface area contributed by atoms with Crippen molar-refractivity contribution in [1.29, 1.82) is 0 Å². The van der Waals surface area contributed by atoms with E-state index in [2.05, 4.69) is 25.6 Å². The van der Waals surface area contributed by atoms with Crippen molar-refractivity contribution in [2.45, 2.75) is 31.8 Å². The number of fused-ring (bicyclic) bond motifs is 1. The van der Waals surface area contributed by atoms with Crippen LogP contribution >= 0.6 is 0 Å². The number of hydrogen-bond acceptors (Lipinski definition) is 6. The Balaban J connectivity index is 1.54. The molecule has 2 heterocycles. The Labute approximate surface area is 195 Å². The van der Waals surface area contributed by atoms with Gasteiger partial charge in [0.15, 0.2) is 0 Å². The van der Waals surface area contributed by atoms with Crippen molar-refractivity contribution in [1.82, 2.24) is 20.3 Å². The van der Waals surface area contributed by atoms with Crippen LogP contribution in [0, 0.1) is 5.82 Å². The summed E-state index contributed by atoms with van der Waals surface area (Å²) in [6.45, 7) is 0. The number of amides is 1. The van der Waals surface area contributed by atoms with Gasteiger partial charge in [0, 0.05) is 24.4 Å². The summed E-state index contributed by atoms with van der Waals surface area (Å²) in [4.78, 5) is 24.1. The Morgan fingerprint density at radius 1 is 1.15 bits per heavy atom. The van der Waals surface area contributed by atoms with Crippen molar-refractivity contribution in [2.75, 3.05) is 12.4 Å². The van der Waals surface area contributed by atoms with Crippen molar-refractivity contribution >= 4 is 28.6 Å². The molecule has 1 amide bonds. The standard InChI is InChI=1S/C25H24FN5O3/c1-27-23(33)15-8-11-20(19(26)12-15)29-25-30-22-21(24(31-25)34-17-4-2-3-5-17)18(13-28-22)14-6-9-16(32)10-7-14/h6-13,17,32H,2-5H2,1H3,(H,27,33)(H2,28,29,30,31). The molecule has 2 aromatic carbocycles. The van der Waals surface area contributed by atoms with Crippen molar-refractivity contribution in [2.24, 2.45) is 0 Å². The molecule has 9 heteroatoms. The van der Waals surface area contributed by atoms with Crippen LogP contribution in [0.2, 0.25) is 0 Å². The second-order valence-electron chi connectivity index (χ2n) is 8.25. The van der Waals surface area contributed by atoms with Crippen molar-refractivity contribution in [3.63, 3.8) is 0 Å². The number of carbonyl (C=O) groups is 1. The van der Waals surface area contributed by atoms with Crippen LogP contribution in [0.1, 0.15) is 36.0 Å². The van der Waals surface area contributed by atoms with Gasteiger partial charge in [-0.3, -0.25) is 4.79 Å². The zero-order valence-electron chi connectivity index (χ0n) is 18.6. The highest BCUT2D eigenvalue weighted by atomic mass is 19.1. The number of carbonyl (C=O) groups excluding carboxylic acids is 1. The number of hydrogen-bond donors (Lipinski definition) is 4. The molecule has 0 unspecified atom stereocenters. The summed E-state index contributed by atoms with van der Waals surface area (Å²) in [6, 6.07) is 11.0. The van der Waals surface area contributed by atoms with Crippen LogP contribution in [0.5, 0.6) is 11.6 Å². The van der Waals surface area contributed by atoms with Crippen LogP contribution in [0.3, 0.4) is 0 Å². The van der Waals surface area contributed by atoms with Crippen LogP contribution in [0.25, 0.3) is 22.2 Å². The van der Waals surface area contributed by atoms with Crippen LogP contribution in [0.4, 0.5) is 16.0 Å². The van der Waals surface area contributed by atoms with E-state index in [1.165, 1.54) is 19.2 Å². The molecule has 4 N–H and O–H groups in total. The smallest absolute Gasteiger partial charge is 0.251 e. The summed E-state index contributed by atoms with van der Waals surface area (Å²) in [6.07, 6.45) is 5.97. The predicted octanol–water partition coefficient (Wildman–Crippen LogP) is 4.89. The molecular formula is C25H24FN5O3. The quantitative estimate of drug-likeness (QED) is 0.325. The van der Waals surface area contributed by atoms with Crippen LogP contribution < -0.4 is 15.4 Å². The molecule has 1 aliphatic rings. The lowest BCUT2D eigenvalue weighted by Gasteiger charge is -2.15. The average molecular weight is 461 g/mol. The van der Waals surface area contributed by atoms with E-state index >= 15 is 0 Å². The number of aromatic hydroxyl groups is 1. The molecule has 0 aliphatic heterocycles. The molecule has 0 atom stereocenters. The number of aromatic amines is 1. The predicted molar refractivity (Wildman–Crippen MR) is 127 cm³/mol. The number of nitrogens with one attached hydrogen (secondary N) is 3. The number of aromatic nitrogens is 3. The number of anilines is 2. The minimum absolute atomic E-state index is 0.0529. The maximum atomic E-state index is 14.7. The summed E-state index contributed by atoms with van der Waals surface area (Å²) in [5.41, 5.74) is 2.62. The van der Waals surface area contributed by atoms with Gasteiger partial charge in [0.1, 0.15) is 23.3 Å². The summed E-state index contributed by atoms with van der Waals surface area (Å²) in [7, 11) is 1.49. The zero-order valence-corrected chi connectivity index (χ0v) is 18.6. The fourth-order valence-corrected chi connectivity index (χ4v) is 4.20. The molecule has 0 saturated heterocycles. The van der Waals surface area contributed by atoms with Gasteiger partial charge in [-0.15, -0.1) is 0 Å². The number of phenols is 1. The Morgan fingerprint density at radius 2 is 1.91 bits per heavy atom. The molecule has 1 aliphatic carbocycles. The van der Waals surface area contributed by atoms with Gasteiger partial charge < -0.3 is 25.5 Å². The first-order chi connectivity index (χ1) is 16.5. The van der Waals surface area contributed by atoms with Crippen molar-refractivity contribution < 1.29 is 19.0 Å². The number of benzene rings is 2. The second-order valence-corrected chi connectivity index (χ2v) is 8.25. The Bertz CT molecular complexity index is 1350. The van der Waals surface area contributed by atoms with Crippen LogP contribution in [-0.4, -0.2) is 39.1 Å². The molecule has 4 aromatic rings. The lowest BCUT2D eigenvalue weighted by Crippen LogP contribution is -2.18. The van der Waals surface area contributed by atoms with Gasteiger partial charge in [-0.1, -0.05) is 12.1 Å². The largest absolute Gasteiger partial charge is 0.508 e. The third-order valence-electron chi connectivity index (χ3n) is 5.96. The third kappa shape index (κ3) is 4.24. The number of rotatable bonds is 6. The van der Waals surface area contributed by atoms with E-state index in [0.29, 0.717) is 11.5 Å². The summed E-state index contributed by atoms with van der Waals surface area (Å²) in [5.74, 6) is -0.210. The van der Waals surface area contributed by atoms with Gasteiger partial charge in [0.05, 0.1) is 11.1 Å². The van der Waals surface area contributed by atoms with E-state index in [0.717, 1.165) is 48.3 Å². The van der Waals surface area contributed by atoms with Crippen LogP contribution in [-0.2, 0) is 0 Å². The molecule has 0 bridgehead atoms. The van der Waals surface area contributed by atoms with E-state index in [4.69, 9.17) is 4.74 Å². The molecule has 8 nitrogen and oxygen atoms in total. The van der Waals surface area contributed by atoms with E-state index in [1.54, 1.807) is 12.1 Å². The van der Waals surface area contributed by atoms with Gasteiger partial charge in [-0.25, -0.2) is 4.39 Å². The Kier molecular flexibility index (Phi) is 5.75. The molecule has 2 aromatic heterocycles. The topological polar surface area (TPSA) is 112 Å². The summed E-state index contributed by atoms with van der Waals surface area (Å²) >= 11 is 0. The SMILES string of the molecule is CNC(=O)c1ccc(Nc2nc(OC3CCCC3)c3c(-c4ccc(O)cc4)c[nH]c3n2)c(F)c1. The lowest BCUT2D eigenvalue weighted by molar-refractivity contribution is 0.0962. The normalized spacial score (nSPS) is 13.8. The molecule has 5 rings (SSSR count). The molecule has 1 fully saturated rings. The minimum atomic E-state index is -0.598. The van der Waals surface area contributed by atoms with Crippen molar-refractivity contribution in [3.05, 3.63) is 60.0 Å². The van der Waals surface area contributed by atoms with Gasteiger partial charge in [0.2, 0.25) is 11.8 Å². The summed E-state index contributed by atoms with van der Waals surface area (Å²) < 4.78 is 21.0. The molecule has 0 radical (unpaired) electrons. The van der Waals surface area contributed by atoms with Gasteiger partial charge in [-0.2, -0.15) is 9.97 Å². The van der Waals surface area contributed by atoms with Gasteiger partial charge in [0.25, 0.3) is 5.91 Å². The van der Waals surface area contributed by atoms with Gasteiger partial charge >= 0.3 is 0 Å². The number of phenolic OH excluding ortho intramolecular Hbond substituents is 1. The average Bonchev–Trinajstić information content (AvgIpc) is 3.50. The number of H-pyrrole nitrogens is 1. The van der Waals surface area contributed by atoms with Crippen LogP contribution in [0.15, 0.2) is 48.7 Å². The van der Waals surface area contributed by atoms with E-state index in [-0.39, 0.29) is 35.0 Å². The molecule has 1 saturated carbocycles. The lowest BCUT2D eigenvalue weighted by atomic mass is 10.1. The van der Waals surface area contributed by atoms with E-state index in [9.17, 15) is 14.3 Å². The first-order valence-electron chi connectivity index (χ1n) is 11.2. The molecule has 34 heavy (non-hydrogen) atoms. The first-order valence-corrected chi connectivity index (χ1v) is 11.2. The Morgan fingerprint density at radius 3 is 2.62 bits per heavy atom. The third-order valence-corrected chi connectivity index (χ3v) is 5.96. The molecule has 174 valence electrons. The maximum Gasteiger partial charge on any atom is 0.251 e. The van der Waals surface area contributed by atoms with E-state index < -0.39 is 5.82 Å². The summed E-state index contributed by atoms with van der Waals surface area (Å²) in [5, 5.41) is 15.8.